The first-order valence-electron chi connectivity index (χ1n) is 11.4. The summed E-state index contributed by atoms with van der Waals surface area (Å²) in [7, 11) is 0. The Morgan fingerprint density at radius 3 is 1.07 bits per heavy atom. The Balaban J connectivity index is 2.12. The van der Waals surface area contributed by atoms with Crippen LogP contribution in [-0.4, -0.2) is 17.3 Å². The van der Waals surface area contributed by atoms with Crippen LogP contribution in [0.1, 0.15) is 101 Å². The van der Waals surface area contributed by atoms with Gasteiger partial charge in [-0.2, -0.15) is 0 Å². The molecule has 0 radical (unpaired) electrons. The molecular formula is C27H38N2Pd. The van der Waals surface area contributed by atoms with Crippen LogP contribution in [0.3, 0.4) is 0 Å². The van der Waals surface area contributed by atoms with Gasteiger partial charge in [0.25, 0.3) is 0 Å². The summed E-state index contributed by atoms with van der Waals surface area (Å²) in [6, 6.07) is 13.7. The number of benzene rings is 2. The first-order chi connectivity index (χ1) is 14.1. The minimum atomic E-state index is 0.492. The SMILES string of the molecule is CC(C)c1cccc(C(C)C)c1N1CCN(c2c(C(C)C)cccc2C(C)C)[C]1=[Pd]. The molecule has 3 heteroatoms. The van der Waals surface area contributed by atoms with E-state index in [2.05, 4.69) is 120 Å². The fraction of sp³-hybridized carbons (Fsp3) is 0.519. The molecule has 1 heterocycles. The van der Waals surface area contributed by atoms with Crippen molar-refractivity contribution >= 4 is 15.6 Å². The number of para-hydroxylation sites is 2. The van der Waals surface area contributed by atoms with Gasteiger partial charge in [0, 0.05) is 0 Å². The first-order valence-corrected chi connectivity index (χ1v) is 12.2. The predicted molar refractivity (Wildman–Crippen MR) is 129 cm³/mol. The van der Waals surface area contributed by atoms with E-state index in [-0.39, 0.29) is 0 Å². The molecule has 2 nitrogen and oxygen atoms in total. The van der Waals surface area contributed by atoms with Gasteiger partial charge in [-0.1, -0.05) is 0 Å². The van der Waals surface area contributed by atoms with E-state index in [0.717, 1.165) is 13.1 Å². The Hall–Kier alpha value is -1.43. The van der Waals surface area contributed by atoms with Gasteiger partial charge in [-0.05, 0) is 0 Å². The number of anilines is 2. The van der Waals surface area contributed by atoms with Gasteiger partial charge in [0.15, 0.2) is 0 Å². The van der Waals surface area contributed by atoms with E-state index in [9.17, 15) is 0 Å². The zero-order chi connectivity index (χ0) is 22.2. The molecule has 0 aromatic heterocycles. The first kappa shape index (κ1) is 23.2. The van der Waals surface area contributed by atoms with Crippen LogP contribution in [-0.2, 0) is 18.7 Å². The molecular weight excluding hydrogens is 459 g/mol. The number of rotatable bonds is 6. The van der Waals surface area contributed by atoms with Crippen LogP contribution in [0.2, 0.25) is 0 Å². The van der Waals surface area contributed by atoms with Crippen molar-refractivity contribution < 1.29 is 18.7 Å². The van der Waals surface area contributed by atoms with Gasteiger partial charge in [0.05, 0.1) is 0 Å². The van der Waals surface area contributed by atoms with Crippen molar-refractivity contribution in [3.63, 3.8) is 0 Å². The van der Waals surface area contributed by atoms with Crippen molar-refractivity contribution in [3.8, 4) is 0 Å². The summed E-state index contributed by atoms with van der Waals surface area (Å²) < 4.78 is 1.21. The molecule has 2 aromatic rings. The maximum absolute atomic E-state index is 3.70. The van der Waals surface area contributed by atoms with Gasteiger partial charge < -0.3 is 0 Å². The molecule has 0 atom stereocenters. The van der Waals surface area contributed by atoms with Crippen LogP contribution in [0.15, 0.2) is 36.4 Å². The van der Waals surface area contributed by atoms with Crippen LogP contribution in [0, 0.1) is 0 Å². The monoisotopic (exact) mass is 496 g/mol. The van der Waals surface area contributed by atoms with E-state index in [1.807, 2.05) is 0 Å². The Bertz CT molecular complexity index is 785. The summed E-state index contributed by atoms with van der Waals surface area (Å²) in [5.74, 6) is 1.97. The molecule has 3 rings (SSSR count). The molecule has 0 saturated carbocycles. The zero-order valence-corrected chi connectivity index (χ0v) is 21.5. The average molecular weight is 497 g/mol. The maximum atomic E-state index is 3.70. The van der Waals surface area contributed by atoms with Crippen LogP contribution >= 0.6 is 0 Å². The third-order valence-electron chi connectivity index (χ3n) is 6.18. The van der Waals surface area contributed by atoms with Gasteiger partial charge in [-0.25, -0.2) is 0 Å². The molecule has 166 valence electrons. The normalized spacial score (nSPS) is 14.9. The average Bonchev–Trinajstić information content (AvgIpc) is 3.07. The summed E-state index contributed by atoms with van der Waals surface area (Å²) in [6.45, 7) is 20.4. The topological polar surface area (TPSA) is 6.48 Å². The molecule has 0 amide bonds. The van der Waals surface area contributed by atoms with E-state index in [1.165, 1.54) is 37.9 Å². The van der Waals surface area contributed by atoms with Crippen molar-refractivity contribution in [1.82, 2.24) is 0 Å². The van der Waals surface area contributed by atoms with Gasteiger partial charge in [0.1, 0.15) is 0 Å². The Morgan fingerprint density at radius 2 is 0.833 bits per heavy atom. The van der Waals surface area contributed by atoms with Crippen molar-refractivity contribution in [2.45, 2.75) is 79.1 Å². The van der Waals surface area contributed by atoms with E-state index in [4.69, 9.17) is 0 Å². The molecule has 1 fully saturated rings. The van der Waals surface area contributed by atoms with Crippen molar-refractivity contribution in [3.05, 3.63) is 58.7 Å². The second kappa shape index (κ2) is 9.37. The van der Waals surface area contributed by atoms with Gasteiger partial charge in [-0.3, -0.25) is 0 Å². The van der Waals surface area contributed by atoms with E-state index in [0.29, 0.717) is 23.7 Å². The fourth-order valence-electron chi connectivity index (χ4n) is 4.56. The summed E-state index contributed by atoms with van der Waals surface area (Å²) in [4.78, 5) is 5.04. The van der Waals surface area contributed by atoms with Crippen molar-refractivity contribution in [2.24, 2.45) is 0 Å². The fourth-order valence-corrected chi connectivity index (χ4v) is 5.25. The Labute approximate surface area is 194 Å². The molecule has 1 aliphatic heterocycles. The summed E-state index contributed by atoms with van der Waals surface area (Å²) >= 11 is 3.70. The second-order valence-corrected chi connectivity index (χ2v) is 10.4. The van der Waals surface area contributed by atoms with Crippen LogP contribution < -0.4 is 9.80 Å². The van der Waals surface area contributed by atoms with Crippen LogP contribution in [0.25, 0.3) is 0 Å². The standard InChI is InChI=1S/C27H38N2.Pd/c1-18(2)22-11-9-12-23(19(3)4)26(22)28-15-16-29(17-28)27-24(20(5)6)13-10-14-25(27)21(7)8;/h9-14,18-21H,15-16H2,1-8H3;. The van der Waals surface area contributed by atoms with Gasteiger partial charge in [0.2, 0.25) is 0 Å². The second-order valence-electron chi connectivity index (χ2n) is 9.73. The molecule has 0 unspecified atom stereocenters. The molecule has 2 aromatic carbocycles. The third-order valence-corrected chi connectivity index (χ3v) is 7.02. The molecule has 0 N–H and O–H groups in total. The van der Waals surface area contributed by atoms with Crippen molar-refractivity contribution in [1.29, 1.82) is 0 Å². The van der Waals surface area contributed by atoms with E-state index < -0.39 is 0 Å². The van der Waals surface area contributed by atoms with Crippen molar-refractivity contribution in [2.75, 3.05) is 22.9 Å². The minimum absolute atomic E-state index is 0.492. The molecule has 1 saturated heterocycles. The summed E-state index contributed by atoms with van der Waals surface area (Å²) in [5.41, 5.74) is 8.56. The number of nitrogens with zero attached hydrogens (tertiary/aromatic N) is 2. The molecule has 30 heavy (non-hydrogen) atoms. The third kappa shape index (κ3) is 4.30. The molecule has 1 aliphatic rings. The molecule has 0 spiro atoms. The number of hydrogen-bond acceptors (Lipinski definition) is 2. The van der Waals surface area contributed by atoms with E-state index >= 15 is 0 Å². The van der Waals surface area contributed by atoms with Crippen LogP contribution in [0.5, 0.6) is 0 Å². The Morgan fingerprint density at radius 1 is 0.567 bits per heavy atom. The quantitative estimate of drug-likeness (QED) is 0.392. The van der Waals surface area contributed by atoms with E-state index in [1.54, 1.807) is 0 Å². The summed E-state index contributed by atoms with van der Waals surface area (Å²) in [6.07, 6.45) is 0. The van der Waals surface area contributed by atoms with Gasteiger partial charge in [-0.15, -0.1) is 0 Å². The predicted octanol–water partition coefficient (Wildman–Crippen LogP) is 7.14. The van der Waals surface area contributed by atoms with Gasteiger partial charge >= 0.3 is 195 Å². The summed E-state index contributed by atoms with van der Waals surface area (Å²) in [5, 5.41) is 0. The zero-order valence-electron chi connectivity index (χ0n) is 19.9. The molecule has 0 aliphatic carbocycles. The Kier molecular flexibility index (Phi) is 7.26. The number of hydrogen-bond donors (Lipinski definition) is 0. The molecule has 0 bridgehead atoms. The van der Waals surface area contributed by atoms with Crippen LogP contribution in [0.4, 0.5) is 11.4 Å².